The van der Waals surface area contributed by atoms with Crippen molar-refractivity contribution < 1.29 is 13.2 Å². The van der Waals surface area contributed by atoms with E-state index in [-0.39, 0.29) is 14.9 Å². The second-order valence-corrected chi connectivity index (χ2v) is 7.56. The summed E-state index contributed by atoms with van der Waals surface area (Å²) < 4.78 is 27.1. The van der Waals surface area contributed by atoms with Crippen LogP contribution in [0.2, 0.25) is 10.0 Å². The van der Waals surface area contributed by atoms with E-state index in [1.54, 1.807) is 6.07 Å². The molecule has 2 N–H and O–H groups in total. The van der Waals surface area contributed by atoms with Gasteiger partial charge in [0.15, 0.2) is 0 Å². The Morgan fingerprint density at radius 1 is 1.04 bits per heavy atom. The molecule has 0 fully saturated rings. The first-order valence-corrected chi connectivity index (χ1v) is 9.33. The maximum Gasteiger partial charge on any atom is 0.244 e. The van der Waals surface area contributed by atoms with E-state index in [9.17, 15) is 13.2 Å². The fourth-order valence-electron chi connectivity index (χ4n) is 2.02. The quantitative estimate of drug-likeness (QED) is 0.800. The van der Waals surface area contributed by atoms with Gasteiger partial charge in [-0.05, 0) is 24.6 Å². The van der Waals surface area contributed by atoms with E-state index in [1.165, 1.54) is 19.1 Å². The van der Waals surface area contributed by atoms with Gasteiger partial charge in [-0.15, -0.1) is 0 Å². The summed E-state index contributed by atoms with van der Waals surface area (Å²) in [5.74, 6) is -0.453. The Bertz CT molecular complexity index is 806. The van der Waals surface area contributed by atoms with E-state index in [4.69, 9.17) is 23.2 Å². The van der Waals surface area contributed by atoms with Crippen LogP contribution in [0.4, 0.5) is 0 Å². The van der Waals surface area contributed by atoms with Gasteiger partial charge in [-0.25, -0.2) is 8.42 Å². The summed E-state index contributed by atoms with van der Waals surface area (Å²) in [6.07, 6.45) is 0. The minimum Gasteiger partial charge on any atom is -0.351 e. The highest BCUT2D eigenvalue weighted by atomic mass is 35.5. The molecule has 0 aliphatic rings. The van der Waals surface area contributed by atoms with Gasteiger partial charge < -0.3 is 5.32 Å². The van der Waals surface area contributed by atoms with E-state index < -0.39 is 22.0 Å². The second kappa shape index (κ2) is 7.98. The number of rotatable bonds is 6. The van der Waals surface area contributed by atoms with E-state index in [0.717, 1.165) is 5.56 Å². The molecule has 5 nitrogen and oxygen atoms in total. The number of carbonyl (C=O) groups is 1. The van der Waals surface area contributed by atoms with E-state index >= 15 is 0 Å². The fraction of sp³-hybridized carbons (Fsp3) is 0.188. The predicted octanol–water partition coefficient (Wildman–Crippen LogP) is 2.98. The lowest BCUT2D eigenvalue weighted by Crippen LogP contribution is -2.44. The van der Waals surface area contributed by atoms with Crippen molar-refractivity contribution in [2.75, 3.05) is 0 Å². The summed E-state index contributed by atoms with van der Waals surface area (Å²) in [5, 5.41) is 2.66. The van der Waals surface area contributed by atoms with E-state index in [0.29, 0.717) is 6.54 Å². The molecule has 128 valence electrons. The van der Waals surface area contributed by atoms with Gasteiger partial charge in [0.05, 0.1) is 16.1 Å². The number of carbonyl (C=O) groups excluding carboxylic acids is 1. The number of hydrogen-bond donors (Lipinski definition) is 2. The average Bonchev–Trinajstić information content (AvgIpc) is 2.52. The lowest BCUT2D eigenvalue weighted by Gasteiger charge is -2.16. The molecule has 0 radical (unpaired) electrons. The lowest BCUT2D eigenvalue weighted by atomic mass is 10.2. The van der Waals surface area contributed by atoms with Crippen molar-refractivity contribution in [1.29, 1.82) is 0 Å². The Balaban J connectivity index is 2.05. The van der Waals surface area contributed by atoms with Crippen molar-refractivity contribution >= 4 is 39.1 Å². The van der Waals surface area contributed by atoms with Crippen LogP contribution in [0, 0.1) is 0 Å². The number of halogens is 2. The zero-order valence-electron chi connectivity index (χ0n) is 12.8. The third kappa shape index (κ3) is 4.70. The predicted molar refractivity (Wildman–Crippen MR) is 94.5 cm³/mol. The maximum atomic E-state index is 12.4. The molecule has 2 aromatic carbocycles. The van der Waals surface area contributed by atoms with Gasteiger partial charge in [-0.1, -0.05) is 59.6 Å². The topological polar surface area (TPSA) is 75.3 Å². The van der Waals surface area contributed by atoms with Crippen LogP contribution in [0.5, 0.6) is 0 Å². The molecule has 0 heterocycles. The molecule has 2 aromatic rings. The third-order valence-corrected chi connectivity index (χ3v) is 5.72. The minimum absolute atomic E-state index is 0.00751. The first-order valence-electron chi connectivity index (χ1n) is 7.09. The second-order valence-electron chi connectivity index (χ2n) is 5.10. The molecule has 0 bridgehead atoms. The van der Waals surface area contributed by atoms with Crippen LogP contribution in [0.25, 0.3) is 0 Å². The maximum absolute atomic E-state index is 12.4. The Labute approximate surface area is 151 Å². The molecule has 1 amide bonds. The molecule has 0 aliphatic carbocycles. The highest BCUT2D eigenvalue weighted by molar-refractivity contribution is 7.89. The van der Waals surface area contributed by atoms with Crippen LogP contribution in [0.1, 0.15) is 12.5 Å². The normalized spacial score (nSPS) is 12.6. The molecule has 1 unspecified atom stereocenters. The molecule has 8 heteroatoms. The zero-order valence-corrected chi connectivity index (χ0v) is 15.1. The Morgan fingerprint density at radius 3 is 2.21 bits per heavy atom. The molecule has 0 aromatic heterocycles. The van der Waals surface area contributed by atoms with Crippen molar-refractivity contribution in [1.82, 2.24) is 10.0 Å². The first kappa shape index (κ1) is 18.7. The number of amides is 1. The summed E-state index contributed by atoms with van der Waals surface area (Å²) in [6.45, 7) is 1.75. The van der Waals surface area contributed by atoms with Crippen LogP contribution < -0.4 is 10.0 Å². The van der Waals surface area contributed by atoms with Crippen molar-refractivity contribution in [3.8, 4) is 0 Å². The summed E-state index contributed by atoms with van der Waals surface area (Å²) in [4.78, 5) is 11.9. The smallest absolute Gasteiger partial charge is 0.244 e. The summed E-state index contributed by atoms with van der Waals surface area (Å²) in [7, 11) is -4.02. The van der Waals surface area contributed by atoms with Crippen molar-refractivity contribution in [2.24, 2.45) is 0 Å². The Morgan fingerprint density at radius 2 is 1.62 bits per heavy atom. The first-order chi connectivity index (χ1) is 11.3. The molecule has 0 saturated heterocycles. The van der Waals surface area contributed by atoms with Gasteiger partial charge in [0.2, 0.25) is 15.9 Å². The Kier molecular flexibility index (Phi) is 6.23. The van der Waals surface area contributed by atoms with Crippen molar-refractivity contribution in [3.05, 3.63) is 64.1 Å². The zero-order chi connectivity index (χ0) is 17.7. The van der Waals surface area contributed by atoms with Crippen LogP contribution in [0.3, 0.4) is 0 Å². The number of hydrogen-bond acceptors (Lipinski definition) is 3. The van der Waals surface area contributed by atoms with Crippen LogP contribution in [-0.2, 0) is 21.4 Å². The van der Waals surface area contributed by atoms with Crippen LogP contribution >= 0.6 is 23.2 Å². The average molecular weight is 387 g/mol. The van der Waals surface area contributed by atoms with Gasteiger partial charge in [0.25, 0.3) is 0 Å². The summed E-state index contributed by atoms with van der Waals surface area (Å²) in [5.41, 5.74) is 0.912. The van der Waals surface area contributed by atoms with Crippen molar-refractivity contribution in [2.45, 2.75) is 24.4 Å². The fourth-order valence-corrected chi connectivity index (χ4v) is 4.37. The van der Waals surface area contributed by atoms with Gasteiger partial charge in [-0.3, -0.25) is 4.79 Å². The number of nitrogens with one attached hydrogen (secondary N) is 2. The molecule has 2 rings (SSSR count). The van der Waals surface area contributed by atoms with E-state index in [1.807, 2.05) is 30.3 Å². The molecular weight excluding hydrogens is 371 g/mol. The highest BCUT2D eigenvalue weighted by Crippen LogP contribution is 2.28. The standard InChI is InChI=1S/C16H16Cl2N2O3S/c1-11(16(21)19-10-12-6-3-2-4-7-12)20-24(22,23)15-13(17)8-5-9-14(15)18/h2-9,11,20H,10H2,1H3,(H,19,21). The molecule has 0 aliphatic heterocycles. The number of benzene rings is 2. The molecule has 0 saturated carbocycles. The monoisotopic (exact) mass is 386 g/mol. The Hall–Kier alpha value is -1.60. The highest BCUT2D eigenvalue weighted by Gasteiger charge is 2.26. The van der Waals surface area contributed by atoms with Gasteiger partial charge >= 0.3 is 0 Å². The summed E-state index contributed by atoms with van der Waals surface area (Å²) in [6, 6.07) is 12.7. The van der Waals surface area contributed by atoms with Gasteiger partial charge in [0, 0.05) is 6.54 Å². The molecule has 0 spiro atoms. The third-order valence-electron chi connectivity index (χ3n) is 3.22. The minimum atomic E-state index is -4.02. The van der Waals surface area contributed by atoms with Gasteiger partial charge in [0.1, 0.15) is 4.90 Å². The lowest BCUT2D eigenvalue weighted by molar-refractivity contribution is -0.122. The van der Waals surface area contributed by atoms with Crippen molar-refractivity contribution in [3.63, 3.8) is 0 Å². The van der Waals surface area contributed by atoms with Crippen LogP contribution in [0.15, 0.2) is 53.4 Å². The molecular formula is C16H16Cl2N2O3S. The molecule has 24 heavy (non-hydrogen) atoms. The summed E-state index contributed by atoms with van der Waals surface area (Å²) >= 11 is 11.8. The SMILES string of the molecule is CC(NS(=O)(=O)c1c(Cl)cccc1Cl)C(=O)NCc1ccccc1. The largest absolute Gasteiger partial charge is 0.351 e. The molecule has 1 atom stereocenters. The van der Waals surface area contributed by atoms with Gasteiger partial charge in [-0.2, -0.15) is 4.72 Å². The van der Waals surface area contributed by atoms with E-state index in [2.05, 4.69) is 10.0 Å². The number of sulfonamides is 1. The van der Waals surface area contributed by atoms with Crippen LogP contribution in [-0.4, -0.2) is 20.4 Å².